The van der Waals surface area contributed by atoms with Gasteiger partial charge in [-0.15, -0.1) is 0 Å². The Kier molecular flexibility index (Phi) is 8.52. The fraction of sp³-hybridized carbons (Fsp3) is 0.286. The second kappa shape index (κ2) is 11.4. The van der Waals surface area contributed by atoms with Crippen LogP contribution in [0.5, 0.6) is 0 Å². The van der Waals surface area contributed by atoms with Gasteiger partial charge in [0.05, 0.1) is 18.7 Å². The number of carbonyl (C=O) groups is 2. The number of amides is 2. The van der Waals surface area contributed by atoms with Crippen LogP contribution in [0, 0.1) is 0 Å². The molecule has 0 aliphatic rings. The second-order valence-electron chi connectivity index (χ2n) is 6.44. The normalized spacial score (nSPS) is 11.9. The quantitative estimate of drug-likeness (QED) is 0.219. The number of rotatable bonds is 10. The summed E-state index contributed by atoms with van der Waals surface area (Å²) in [7, 11) is 0. The van der Waals surface area contributed by atoms with Crippen molar-refractivity contribution in [2.75, 3.05) is 6.54 Å². The van der Waals surface area contributed by atoms with Crippen LogP contribution in [0.2, 0.25) is 0 Å². The number of unbranched alkanes of at least 4 members (excludes halogenated alkanes) is 1. The maximum absolute atomic E-state index is 12.1. The number of nitrogens with one attached hydrogen (secondary N) is 2. The van der Waals surface area contributed by atoms with E-state index in [1.54, 1.807) is 18.3 Å². The van der Waals surface area contributed by atoms with Crippen molar-refractivity contribution in [3.05, 3.63) is 71.3 Å². The standard InChI is InChI=1S/C21H26N4O3/c22-24-15-17-11-9-16(10-12-17)6-4-5-13-23-21(28)25-19(14-20(26)27)18-7-2-1-3-8-18/h1-3,7-12,15,19H,4-6,13-14,22H2,(H,26,27)(H2,23,25,28). The van der Waals surface area contributed by atoms with E-state index in [1.165, 1.54) is 5.56 Å². The Balaban J connectivity index is 1.71. The smallest absolute Gasteiger partial charge is 0.315 e. The predicted octanol–water partition coefficient (Wildman–Crippen LogP) is 2.82. The highest BCUT2D eigenvalue weighted by molar-refractivity contribution is 5.79. The summed E-state index contributed by atoms with van der Waals surface area (Å²) < 4.78 is 0. The summed E-state index contributed by atoms with van der Waals surface area (Å²) in [6.45, 7) is 0.526. The lowest BCUT2D eigenvalue weighted by molar-refractivity contribution is -0.137. The third kappa shape index (κ3) is 7.49. The molecule has 7 heteroatoms. The van der Waals surface area contributed by atoms with Crippen molar-refractivity contribution in [3.8, 4) is 0 Å². The zero-order valence-electron chi connectivity index (χ0n) is 15.7. The van der Waals surface area contributed by atoms with Crippen molar-refractivity contribution in [3.63, 3.8) is 0 Å². The first-order valence-corrected chi connectivity index (χ1v) is 9.22. The van der Waals surface area contributed by atoms with Crippen LogP contribution in [0.1, 0.15) is 42.0 Å². The van der Waals surface area contributed by atoms with Gasteiger partial charge in [-0.05, 0) is 36.0 Å². The minimum absolute atomic E-state index is 0.164. The van der Waals surface area contributed by atoms with Crippen molar-refractivity contribution in [1.29, 1.82) is 0 Å². The van der Waals surface area contributed by atoms with E-state index in [1.807, 2.05) is 42.5 Å². The summed E-state index contributed by atoms with van der Waals surface area (Å²) in [5, 5.41) is 18.1. The zero-order valence-corrected chi connectivity index (χ0v) is 15.7. The second-order valence-corrected chi connectivity index (χ2v) is 6.44. The number of hydrazone groups is 1. The van der Waals surface area contributed by atoms with Crippen molar-refractivity contribution in [1.82, 2.24) is 10.6 Å². The van der Waals surface area contributed by atoms with E-state index in [2.05, 4.69) is 15.7 Å². The van der Waals surface area contributed by atoms with Gasteiger partial charge in [0.25, 0.3) is 0 Å². The summed E-state index contributed by atoms with van der Waals surface area (Å²) >= 11 is 0. The van der Waals surface area contributed by atoms with Crippen LogP contribution >= 0.6 is 0 Å². The van der Waals surface area contributed by atoms with Crippen molar-refractivity contribution < 1.29 is 14.7 Å². The minimum atomic E-state index is -0.960. The Bertz CT molecular complexity index is 776. The molecule has 148 valence electrons. The zero-order chi connectivity index (χ0) is 20.2. The topological polar surface area (TPSA) is 117 Å². The van der Waals surface area contributed by atoms with E-state index in [-0.39, 0.29) is 12.5 Å². The summed E-state index contributed by atoms with van der Waals surface area (Å²) in [5.41, 5.74) is 2.94. The molecule has 28 heavy (non-hydrogen) atoms. The van der Waals surface area contributed by atoms with E-state index in [0.717, 1.165) is 30.4 Å². The highest BCUT2D eigenvalue weighted by Crippen LogP contribution is 2.16. The van der Waals surface area contributed by atoms with Gasteiger partial charge in [-0.3, -0.25) is 4.79 Å². The SMILES string of the molecule is NN=Cc1ccc(CCCCNC(=O)NC(CC(=O)O)c2ccccc2)cc1. The average Bonchev–Trinajstić information content (AvgIpc) is 2.69. The average molecular weight is 382 g/mol. The third-order valence-electron chi connectivity index (χ3n) is 4.27. The highest BCUT2D eigenvalue weighted by Gasteiger charge is 2.17. The summed E-state index contributed by atoms with van der Waals surface area (Å²) in [5.74, 6) is 4.16. The third-order valence-corrected chi connectivity index (χ3v) is 4.27. The monoisotopic (exact) mass is 382 g/mol. The Morgan fingerprint density at radius 1 is 1.07 bits per heavy atom. The molecule has 0 saturated carbocycles. The van der Waals surface area contributed by atoms with Gasteiger partial charge in [-0.2, -0.15) is 5.10 Å². The Morgan fingerprint density at radius 3 is 2.43 bits per heavy atom. The van der Waals surface area contributed by atoms with Crippen LogP contribution < -0.4 is 16.5 Å². The van der Waals surface area contributed by atoms with Gasteiger partial charge in [0.15, 0.2) is 0 Å². The molecule has 5 N–H and O–H groups in total. The number of hydrogen-bond acceptors (Lipinski definition) is 4. The van der Waals surface area contributed by atoms with E-state index in [9.17, 15) is 9.59 Å². The molecule has 2 aromatic rings. The van der Waals surface area contributed by atoms with Gasteiger partial charge in [-0.1, -0.05) is 54.6 Å². The van der Waals surface area contributed by atoms with Gasteiger partial charge in [0, 0.05) is 6.54 Å². The van der Waals surface area contributed by atoms with Crippen molar-refractivity contribution in [2.24, 2.45) is 10.9 Å². The van der Waals surface area contributed by atoms with Crippen LogP contribution in [0.3, 0.4) is 0 Å². The van der Waals surface area contributed by atoms with E-state index in [4.69, 9.17) is 10.9 Å². The molecule has 0 saturated heterocycles. The van der Waals surface area contributed by atoms with Crippen LogP contribution in [-0.4, -0.2) is 29.9 Å². The molecule has 0 fully saturated rings. The first-order chi connectivity index (χ1) is 13.6. The minimum Gasteiger partial charge on any atom is -0.481 e. The number of nitrogens with zero attached hydrogens (tertiary/aromatic N) is 1. The van der Waals surface area contributed by atoms with Crippen LogP contribution in [0.25, 0.3) is 0 Å². The molecule has 2 aromatic carbocycles. The van der Waals surface area contributed by atoms with Gasteiger partial charge in [-0.25, -0.2) is 4.79 Å². The summed E-state index contributed by atoms with van der Waals surface area (Å²) in [6.07, 6.45) is 4.10. The van der Waals surface area contributed by atoms with Gasteiger partial charge < -0.3 is 21.6 Å². The molecule has 7 nitrogen and oxygen atoms in total. The maximum atomic E-state index is 12.1. The highest BCUT2D eigenvalue weighted by atomic mass is 16.4. The molecular weight excluding hydrogens is 356 g/mol. The molecule has 0 bridgehead atoms. The fourth-order valence-corrected chi connectivity index (χ4v) is 2.83. The molecule has 0 aliphatic heterocycles. The van der Waals surface area contributed by atoms with Crippen LogP contribution in [-0.2, 0) is 11.2 Å². The van der Waals surface area contributed by atoms with E-state index in [0.29, 0.717) is 6.54 Å². The molecule has 0 spiro atoms. The molecule has 1 atom stereocenters. The number of hydrogen-bond donors (Lipinski definition) is 4. The Labute approximate surface area is 164 Å². The number of nitrogens with two attached hydrogens (primary N) is 1. The van der Waals surface area contributed by atoms with Crippen molar-refractivity contribution in [2.45, 2.75) is 31.7 Å². The lowest BCUT2D eigenvalue weighted by atomic mass is 10.0. The van der Waals surface area contributed by atoms with E-state index >= 15 is 0 Å². The van der Waals surface area contributed by atoms with Gasteiger partial charge >= 0.3 is 12.0 Å². The number of carboxylic acid groups (broad SMARTS) is 1. The van der Waals surface area contributed by atoms with Gasteiger partial charge in [0.2, 0.25) is 0 Å². The van der Waals surface area contributed by atoms with Crippen molar-refractivity contribution >= 4 is 18.2 Å². The number of aryl methyl sites for hydroxylation is 1. The molecule has 2 rings (SSSR count). The largest absolute Gasteiger partial charge is 0.481 e. The predicted molar refractivity (Wildman–Crippen MR) is 109 cm³/mol. The van der Waals surface area contributed by atoms with Crippen LogP contribution in [0.4, 0.5) is 4.79 Å². The number of aliphatic carboxylic acids is 1. The molecular formula is C21H26N4O3. The maximum Gasteiger partial charge on any atom is 0.315 e. The molecule has 1 unspecified atom stereocenters. The summed E-state index contributed by atoms with van der Waals surface area (Å²) in [4.78, 5) is 23.2. The number of carbonyl (C=O) groups excluding carboxylic acids is 1. The molecule has 0 aliphatic carbocycles. The molecule has 0 heterocycles. The lowest BCUT2D eigenvalue weighted by Crippen LogP contribution is -2.39. The molecule has 2 amide bonds. The lowest BCUT2D eigenvalue weighted by Gasteiger charge is -2.18. The fourth-order valence-electron chi connectivity index (χ4n) is 2.83. The summed E-state index contributed by atoms with van der Waals surface area (Å²) in [6, 6.07) is 16.2. The first kappa shape index (κ1) is 21.0. The first-order valence-electron chi connectivity index (χ1n) is 9.22. The molecule has 0 radical (unpaired) electrons. The number of urea groups is 1. The Morgan fingerprint density at radius 2 is 1.79 bits per heavy atom. The molecule has 0 aromatic heterocycles. The van der Waals surface area contributed by atoms with Gasteiger partial charge in [0.1, 0.15) is 0 Å². The Hall–Kier alpha value is -3.35. The van der Waals surface area contributed by atoms with Crippen LogP contribution in [0.15, 0.2) is 59.7 Å². The van der Waals surface area contributed by atoms with E-state index < -0.39 is 12.0 Å². The number of carboxylic acids is 1. The number of benzene rings is 2.